The Hall–Kier alpha value is -1.02. The highest BCUT2D eigenvalue weighted by atomic mass is 35.5. The lowest BCUT2D eigenvalue weighted by molar-refractivity contribution is 1.17. The fourth-order valence-corrected chi connectivity index (χ4v) is 0.834. The molecule has 0 atom stereocenters. The largest absolute Gasteiger partial charge is 0.366 e. The highest BCUT2D eigenvalue weighted by molar-refractivity contribution is 6.30. The molecular formula is C9H11ClN2. The van der Waals surface area contributed by atoms with Crippen LogP contribution in [0.3, 0.4) is 0 Å². The summed E-state index contributed by atoms with van der Waals surface area (Å²) in [6, 6.07) is 3.64. The van der Waals surface area contributed by atoms with E-state index in [-0.39, 0.29) is 0 Å². The fourth-order valence-electron chi connectivity index (χ4n) is 0.722. The van der Waals surface area contributed by atoms with Gasteiger partial charge in [-0.15, -0.1) is 0 Å². The molecule has 0 saturated carbocycles. The lowest BCUT2D eigenvalue weighted by atomic mass is 10.3. The van der Waals surface area contributed by atoms with Crippen molar-refractivity contribution in [3.05, 3.63) is 35.5 Å². The van der Waals surface area contributed by atoms with Gasteiger partial charge in [-0.2, -0.15) is 0 Å². The van der Waals surface area contributed by atoms with Crippen LogP contribution in [0.15, 0.2) is 30.5 Å². The number of pyridine rings is 1. The minimum atomic E-state index is 0.649. The van der Waals surface area contributed by atoms with Crippen LogP contribution >= 0.6 is 11.6 Å². The Kier molecular flexibility index (Phi) is 3.11. The highest BCUT2D eigenvalue weighted by Crippen LogP contribution is 2.09. The molecule has 0 unspecified atom stereocenters. The SMILES string of the molecule is C=C(C)CNc1ccc(Cl)cn1. The molecule has 1 N–H and O–H groups in total. The van der Waals surface area contributed by atoms with Gasteiger partial charge in [-0.3, -0.25) is 0 Å². The van der Waals surface area contributed by atoms with Crippen LogP contribution in [0, 0.1) is 0 Å². The molecule has 0 saturated heterocycles. The van der Waals surface area contributed by atoms with Crippen molar-refractivity contribution in [2.75, 3.05) is 11.9 Å². The second-order valence-corrected chi connectivity index (χ2v) is 3.11. The van der Waals surface area contributed by atoms with E-state index in [9.17, 15) is 0 Å². The standard InChI is InChI=1S/C9H11ClN2/c1-7(2)5-11-9-4-3-8(10)6-12-9/h3-4,6H,1,5H2,2H3,(H,11,12). The van der Waals surface area contributed by atoms with E-state index in [2.05, 4.69) is 16.9 Å². The van der Waals surface area contributed by atoms with E-state index in [1.54, 1.807) is 12.3 Å². The van der Waals surface area contributed by atoms with Gasteiger partial charge in [0, 0.05) is 12.7 Å². The minimum absolute atomic E-state index is 0.649. The van der Waals surface area contributed by atoms with Gasteiger partial charge in [-0.25, -0.2) is 4.98 Å². The first-order valence-corrected chi connectivity index (χ1v) is 4.06. The van der Waals surface area contributed by atoms with E-state index in [0.717, 1.165) is 17.9 Å². The lowest BCUT2D eigenvalue weighted by Gasteiger charge is -2.03. The third-order valence-corrected chi connectivity index (χ3v) is 1.52. The van der Waals surface area contributed by atoms with Crippen molar-refractivity contribution >= 4 is 17.4 Å². The van der Waals surface area contributed by atoms with Crippen molar-refractivity contribution in [3.63, 3.8) is 0 Å². The van der Waals surface area contributed by atoms with Gasteiger partial charge in [0.25, 0.3) is 0 Å². The molecule has 0 aliphatic heterocycles. The highest BCUT2D eigenvalue weighted by Gasteiger charge is 1.92. The summed E-state index contributed by atoms with van der Waals surface area (Å²) < 4.78 is 0. The van der Waals surface area contributed by atoms with Gasteiger partial charge in [-0.1, -0.05) is 23.8 Å². The zero-order valence-corrected chi connectivity index (χ0v) is 7.73. The molecule has 0 aliphatic carbocycles. The van der Waals surface area contributed by atoms with Crippen LogP contribution in [-0.4, -0.2) is 11.5 Å². The van der Waals surface area contributed by atoms with Crippen LogP contribution in [0.4, 0.5) is 5.82 Å². The molecule has 1 aromatic rings. The number of halogens is 1. The van der Waals surface area contributed by atoms with Crippen molar-refractivity contribution in [1.82, 2.24) is 4.98 Å². The Morgan fingerprint density at radius 1 is 1.67 bits per heavy atom. The third-order valence-electron chi connectivity index (χ3n) is 1.30. The predicted octanol–water partition coefficient (Wildman–Crippen LogP) is 2.72. The Bertz CT molecular complexity index is 266. The van der Waals surface area contributed by atoms with E-state index < -0.39 is 0 Å². The molecule has 0 spiro atoms. The zero-order chi connectivity index (χ0) is 8.97. The summed E-state index contributed by atoms with van der Waals surface area (Å²) in [5, 5.41) is 3.75. The number of hydrogen-bond donors (Lipinski definition) is 1. The first-order valence-electron chi connectivity index (χ1n) is 3.68. The first-order chi connectivity index (χ1) is 5.68. The van der Waals surface area contributed by atoms with Gasteiger partial charge < -0.3 is 5.32 Å². The molecule has 1 rings (SSSR count). The molecular weight excluding hydrogens is 172 g/mol. The van der Waals surface area contributed by atoms with Gasteiger partial charge in [0.2, 0.25) is 0 Å². The van der Waals surface area contributed by atoms with Crippen LogP contribution in [0.1, 0.15) is 6.92 Å². The number of hydrogen-bond acceptors (Lipinski definition) is 2. The summed E-state index contributed by atoms with van der Waals surface area (Å²) in [6.45, 7) is 6.48. The van der Waals surface area contributed by atoms with E-state index in [0.29, 0.717) is 5.02 Å². The van der Waals surface area contributed by atoms with Crippen LogP contribution < -0.4 is 5.32 Å². The molecule has 3 heteroatoms. The van der Waals surface area contributed by atoms with Gasteiger partial charge >= 0.3 is 0 Å². The monoisotopic (exact) mass is 182 g/mol. The number of rotatable bonds is 3. The maximum absolute atomic E-state index is 5.67. The fraction of sp³-hybridized carbons (Fsp3) is 0.222. The molecule has 0 aliphatic rings. The van der Waals surface area contributed by atoms with Crippen LogP contribution in [0.25, 0.3) is 0 Å². The smallest absolute Gasteiger partial charge is 0.126 e. The number of aromatic nitrogens is 1. The molecule has 0 radical (unpaired) electrons. The Labute approximate surface area is 77.3 Å². The summed E-state index contributed by atoms with van der Waals surface area (Å²) in [6.07, 6.45) is 1.61. The van der Waals surface area contributed by atoms with Crippen molar-refractivity contribution < 1.29 is 0 Å². The van der Waals surface area contributed by atoms with Crippen molar-refractivity contribution in [2.45, 2.75) is 6.92 Å². The molecule has 1 heterocycles. The molecule has 0 amide bonds. The average molecular weight is 183 g/mol. The Balaban J connectivity index is 2.53. The summed E-state index contributed by atoms with van der Waals surface area (Å²) in [7, 11) is 0. The van der Waals surface area contributed by atoms with E-state index in [4.69, 9.17) is 11.6 Å². The van der Waals surface area contributed by atoms with Crippen molar-refractivity contribution in [2.24, 2.45) is 0 Å². The number of nitrogens with zero attached hydrogens (tertiary/aromatic N) is 1. The number of anilines is 1. The second-order valence-electron chi connectivity index (χ2n) is 2.67. The molecule has 0 fully saturated rings. The Morgan fingerprint density at radius 3 is 2.92 bits per heavy atom. The summed E-state index contributed by atoms with van der Waals surface area (Å²) in [5.74, 6) is 0.822. The lowest BCUT2D eigenvalue weighted by Crippen LogP contribution is -2.02. The number of nitrogens with one attached hydrogen (secondary N) is 1. The molecule has 0 bridgehead atoms. The molecule has 12 heavy (non-hydrogen) atoms. The van der Waals surface area contributed by atoms with E-state index in [1.807, 2.05) is 13.0 Å². The predicted molar refractivity (Wildman–Crippen MR) is 52.6 cm³/mol. The third kappa shape index (κ3) is 2.93. The minimum Gasteiger partial charge on any atom is -0.366 e. The van der Waals surface area contributed by atoms with Gasteiger partial charge in [0.15, 0.2) is 0 Å². The second kappa shape index (κ2) is 4.12. The van der Waals surface area contributed by atoms with E-state index in [1.165, 1.54) is 0 Å². The van der Waals surface area contributed by atoms with Gasteiger partial charge in [0.1, 0.15) is 5.82 Å². The van der Waals surface area contributed by atoms with Crippen molar-refractivity contribution in [1.29, 1.82) is 0 Å². The quantitative estimate of drug-likeness (QED) is 0.728. The maximum atomic E-state index is 5.67. The first kappa shape index (κ1) is 9.07. The molecule has 1 aromatic heterocycles. The van der Waals surface area contributed by atoms with E-state index >= 15 is 0 Å². The Morgan fingerprint density at radius 2 is 2.42 bits per heavy atom. The zero-order valence-electron chi connectivity index (χ0n) is 6.97. The maximum Gasteiger partial charge on any atom is 0.126 e. The normalized spacial score (nSPS) is 9.50. The van der Waals surface area contributed by atoms with Gasteiger partial charge in [-0.05, 0) is 19.1 Å². The molecule has 0 aromatic carbocycles. The molecule has 64 valence electrons. The van der Waals surface area contributed by atoms with Crippen LogP contribution in [-0.2, 0) is 0 Å². The average Bonchev–Trinajstić information content (AvgIpc) is 2.03. The van der Waals surface area contributed by atoms with Crippen molar-refractivity contribution in [3.8, 4) is 0 Å². The van der Waals surface area contributed by atoms with Crippen LogP contribution in [0.2, 0.25) is 5.02 Å². The topological polar surface area (TPSA) is 24.9 Å². The summed E-state index contributed by atoms with van der Waals surface area (Å²) >= 11 is 5.67. The summed E-state index contributed by atoms with van der Waals surface area (Å²) in [4.78, 5) is 4.07. The van der Waals surface area contributed by atoms with Crippen LogP contribution in [0.5, 0.6) is 0 Å². The summed E-state index contributed by atoms with van der Waals surface area (Å²) in [5.41, 5.74) is 1.08. The van der Waals surface area contributed by atoms with Gasteiger partial charge in [0.05, 0.1) is 5.02 Å². The molecule has 2 nitrogen and oxygen atoms in total.